The number of hydrogen-bond acceptors (Lipinski definition) is 2. The fraction of sp³-hybridized carbons (Fsp3) is 0.650. The van der Waals surface area contributed by atoms with E-state index in [1.807, 2.05) is 34.6 Å². The maximum absolute atomic E-state index is 12.2. The summed E-state index contributed by atoms with van der Waals surface area (Å²) in [7, 11) is 0. The van der Waals surface area contributed by atoms with E-state index >= 15 is 0 Å². The summed E-state index contributed by atoms with van der Waals surface area (Å²) in [5.74, 6) is -0.144. The SMILES string of the molecule is Cc1cccc(C)c1C(C)(C)CC(C)(C)OC(=O)C(C)(C)C. The number of benzene rings is 1. The van der Waals surface area contributed by atoms with Gasteiger partial charge in [-0.15, -0.1) is 0 Å². The van der Waals surface area contributed by atoms with Gasteiger partial charge in [-0.25, -0.2) is 0 Å². The Balaban J connectivity index is 3.03. The minimum absolute atomic E-state index is 0.0584. The van der Waals surface area contributed by atoms with Gasteiger partial charge in [0.25, 0.3) is 0 Å². The molecule has 0 unspecified atom stereocenters. The van der Waals surface area contributed by atoms with Crippen molar-refractivity contribution in [1.29, 1.82) is 0 Å². The number of rotatable bonds is 4. The quantitative estimate of drug-likeness (QED) is 0.702. The van der Waals surface area contributed by atoms with Crippen LogP contribution in [-0.2, 0) is 14.9 Å². The van der Waals surface area contributed by atoms with E-state index in [0.29, 0.717) is 0 Å². The molecule has 0 atom stereocenters. The van der Waals surface area contributed by atoms with Crippen molar-refractivity contribution in [3.8, 4) is 0 Å². The molecule has 0 aliphatic carbocycles. The Morgan fingerprint density at radius 2 is 1.41 bits per heavy atom. The molecular formula is C20H32O2. The van der Waals surface area contributed by atoms with Crippen LogP contribution in [0.25, 0.3) is 0 Å². The Morgan fingerprint density at radius 3 is 1.82 bits per heavy atom. The number of carbonyl (C=O) groups excluding carboxylic acids is 1. The van der Waals surface area contributed by atoms with E-state index in [9.17, 15) is 4.79 Å². The van der Waals surface area contributed by atoms with Crippen LogP contribution in [0.3, 0.4) is 0 Å². The monoisotopic (exact) mass is 304 g/mol. The van der Waals surface area contributed by atoms with E-state index < -0.39 is 11.0 Å². The Kier molecular flexibility index (Phi) is 5.16. The lowest BCUT2D eigenvalue weighted by atomic mass is 9.73. The average Bonchev–Trinajstić information content (AvgIpc) is 2.23. The van der Waals surface area contributed by atoms with Crippen LogP contribution in [0.2, 0.25) is 0 Å². The molecule has 0 radical (unpaired) electrons. The third kappa shape index (κ3) is 4.59. The summed E-state index contributed by atoms with van der Waals surface area (Å²) in [5, 5.41) is 0. The second kappa shape index (κ2) is 6.06. The minimum atomic E-state index is -0.497. The topological polar surface area (TPSA) is 26.3 Å². The van der Waals surface area contributed by atoms with E-state index in [0.717, 1.165) is 6.42 Å². The van der Waals surface area contributed by atoms with Gasteiger partial charge in [-0.2, -0.15) is 0 Å². The number of aryl methyl sites for hydroxylation is 2. The van der Waals surface area contributed by atoms with Crippen molar-refractivity contribution in [2.24, 2.45) is 5.41 Å². The fourth-order valence-electron chi connectivity index (χ4n) is 3.47. The highest BCUT2D eigenvalue weighted by molar-refractivity contribution is 5.75. The van der Waals surface area contributed by atoms with Gasteiger partial charge in [-0.05, 0) is 77.0 Å². The number of ether oxygens (including phenoxy) is 1. The predicted octanol–water partition coefficient (Wildman–Crippen LogP) is 5.34. The summed E-state index contributed by atoms with van der Waals surface area (Å²) in [6.45, 7) is 18.4. The molecule has 0 N–H and O–H groups in total. The largest absolute Gasteiger partial charge is 0.459 e. The maximum atomic E-state index is 12.2. The third-order valence-corrected chi connectivity index (χ3v) is 4.01. The Morgan fingerprint density at radius 1 is 0.955 bits per heavy atom. The van der Waals surface area contributed by atoms with Crippen LogP contribution in [0.1, 0.15) is 71.6 Å². The average molecular weight is 304 g/mol. The standard InChI is InChI=1S/C20H32O2/c1-14-11-10-12-15(2)16(14)19(6,7)13-20(8,9)22-17(21)18(3,4)5/h10-12H,13H2,1-9H3. The first-order chi connectivity index (χ1) is 9.76. The Labute approximate surface area is 136 Å². The van der Waals surface area contributed by atoms with Crippen molar-refractivity contribution in [2.75, 3.05) is 0 Å². The number of hydrogen-bond donors (Lipinski definition) is 0. The molecule has 124 valence electrons. The molecule has 0 saturated heterocycles. The molecule has 0 saturated carbocycles. The molecule has 0 spiro atoms. The van der Waals surface area contributed by atoms with Gasteiger partial charge in [0.2, 0.25) is 0 Å². The van der Waals surface area contributed by atoms with E-state index in [1.54, 1.807) is 0 Å². The van der Waals surface area contributed by atoms with Crippen molar-refractivity contribution in [3.63, 3.8) is 0 Å². The normalized spacial score (nSPS) is 13.1. The highest BCUT2D eigenvalue weighted by Crippen LogP contribution is 2.38. The van der Waals surface area contributed by atoms with Crippen molar-refractivity contribution >= 4 is 5.97 Å². The summed E-state index contributed by atoms with van der Waals surface area (Å²) < 4.78 is 5.80. The maximum Gasteiger partial charge on any atom is 0.311 e. The van der Waals surface area contributed by atoms with E-state index in [4.69, 9.17) is 4.74 Å². The highest BCUT2D eigenvalue weighted by Gasteiger charge is 2.36. The zero-order chi connectivity index (χ0) is 17.3. The molecule has 0 bridgehead atoms. The zero-order valence-corrected chi connectivity index (χ0v) is 15.8. The van der Waals surface area contributed by atoms with Crippen molar-refractivity contribution in [3.05, 3.63) is 34.9 Å². The second-order valence-electron chi connectivity index (χ2n) is 8.73. The van der Waals surface area contributed by atoms with Gasteiger partial charge in [0.1, 0.15) is 5.60 Å². The Hall–Kier alpha value is -1.31. The molecule has 22 heavy (non-hydrogen) atoms. The lowest BCUT2D eigenvalue weighted by Gasteiger charge is -2.38. The van der Waals surface area contributed by atoms with Crippen LogP contribution in [0.15, 0.2) is 18.2 Å². The molecule has 0 amide bonds. The second-order valence-corrected chi connectivity index (χ2v) is 8.73. The first kappa shape index (κ1) is 18.7. The van der Waals surface area contributed by atoms with E-state index in [-0.39, 0.29) is 11.4 Å². The molecule has 2 nitrogen and oxygen atoms in total. The molecule has 1 aromatic carbocycles. The molecule has 1 aromatic rings. The molecule has 0 heterocycles. The summed E-state index contributed by atoms with van der Waals surface area (Å²) >= 11 is 0. The van der Waals surface area contributed by atoms with Crippen molar-refractivity contribution in [2.45, 2.75) is 79.8 Å². The lowest BCUT2D eigenvalue weighted by molar-refractivity contribution is -0.167. The van der Waals surface area contributed by atoms with Crippen LogP contribution in [0.5, 0.6) is 0 Å². The molecule has 0 aromatic heterocycles. The summed E-state index contributed by atoms with van der Waals surface area (Å²) in [6, 6.07) is 6.39. The zero-order valence-electron chi connectivity index (χ0n) is 15.8. The number of esters is 1. The van der Waals surface area contributed by atoms with E-state index in [1.165, 1.54) is 16.7 Å². The van der Waals surface area contributed by atoms with Crippen LogP contribution < -0.4 is 0 Å². The molecule has 1 rings (SSSR count). The highest BCUT2D eigenvalue weighted by atomic mass is 16.6. The lowest BCUT2D eigenvalue weighted by Crippen LogP contribution is -2.39. The van der Waals surface area contributed by atoms with Gasteiger partial charge in [0.15, 0.2) is 0 Å². The molecule has 0 fully saturated rings. The summed E-state index contributed by atoms with van der Waals surface area (Å²) in [6.07, 6.45) is 0.785. The van der Waals surface area contributed by atoms with Gasteiger partial charge in [0.05, 0.1) is 5.41 Å². The van der Waals surface area contributed by atoms with Gasteiger partial charge in [0, 0.05) is 0 Å². The molecule has 2 heteroatoms. The van der Waals surface area contributed by atoms with Crippen LogP contribution in [0.4, 0.5) is 0 Å². The van der Waals surface area contributed by atoms with Gasteiger partial charge in [-0.3, -0.25) is 4.79 Å². The van der Waals surface area contributed by atoms with Gasteiger partial charge >= 0.3 is 5.97 Å². The van der Waals surface area contributed by atoms with Crippen LogP contribution in [-0.4, -0.2) is 11.6 Å². The molecule has 0 aliphatic rings. The van der Waals surface area contributed by atoms with Crippen LogP contribution >= 0.6 is 0 Å². The van der Waals surface area contributed by atoms with E-state index in [2.05, 4.69) is 45.9 Å². The van der Waals surface area contributed by atoms with Crippen molar-refractivity contribution < 1.29 is 9.53 Å². The Bertz CT molecular complexity index is 525. The molecule has 0 aliphatic heterocycles. The minimum Gasteiger partial charge on any atom is -0.459 e. The van der Waals surface area contributed by atoms with Gasteiger partial charge < -0.3 is 4.74 Å². The summed E-state index contributed by atoms with van der Waals surface area (Å²) in [5.41, 5.74) is 2.92. The smallest absolute Gasteiger partial charge is 0.311 e. The third-order valence-electron chi connectivity index (χ3n) is 4.01. The first-order valence-electron chi connectivity index (χ1n) is 8.06. The van der Waals surface area contributed by atoms with Crippen molar-refractivity contribution in [1.82, 2.24) is 0 Å². The predicted molar refractivity (Wildman–Crippen MR) is 93.2 cm³/mol. The summed E-state index contributed by atoms with van der Waals surface area (Å²) in [4.78, 5) is 12.2. The van der Waals surface area contributed by atoms with Crippen LogP contribution in [0, 0.1) is 19.3 Å². The van der Waals surface area contributed by atoms with Gasteiger partial charge in [-0.1, -0.05) is 32.0 Å². The molecular weight excluding hydrogens is 272 g/mol. The first-order valence-corrected chi connectivity index (χ1v) is 8.06. The number of carbonyl (C=O) groups is 1. The fourth-order valence-corrected chi connectivity index (χ4v) is 3.47.